The van der Waals surface area contributed by atoms with Gasteiger partial charge in [-0.25, -0.2) is 4.98 Å². The Hall–Kier alpha value is -2.43. The van der Waals surface area contributed by atoms with Gasteiger partial charge in [-0.05, 0) is 24.3 Å². The maximum atomic E-state index is 5.52. The summed E-state index contributed by atoms with van der Waals surface area (Å²) in [6.45, 7) is 0. The van der Waals surface area contributed by atoms with E-state index in [1.165, 1.54) is 0 Å². The Morgan fingerprint density at radius 3 is 2.67 bits per heavy atom. The molecule has 90 valence electrons. The fraction of sp³-hybridized carbons (Fsp3) is 0.154. The van der Waals surface area contributed by atoms with Crippen LogP contribution in [0.25, 0.3) is 11.0 Å². The van der Waals surface area contributed by atoms with Crippen molar-refractivity contribution in [3.63, 3.8) is 0 Å². The van der Waals surface area contributed by atoms with Crippen molar-refractivity contribution < 1.29 is 0 Å². The van der Waals surface area contributed by atoms with Gasteiger partial charge in [0.2, 0.25) is 0 Å². The molecule has 0 fully saturated rings. The SMILES string of the molecule is Cn1c(Cc2ccc(N)nn2)nc2ccccc21. The molecule has 18 heavy (non-hydrogen) atoms. The van der Waals surface area contributed by atoms with Crippen LogP contribution in [0.1, 0.15) is 11.5 Å². The Balaban J connectivity index is 1.99. The van der Waals surface area contributed by atoms with Crippen molar-refractivity contribution in [2.45, 2.75) is 6.42 Å². The second-order valence-electron chi connectivity index (χ2n) is 4.20. The quantitative estimate of drug-likeness (QED) is 0.736. The molecule has 0 radical (unpaired) electrons. The lowest BCUT2D eigenvalue weighted by atomic mass is 10.3. The summed E-state index contributed by atoms with van der Waals surface area (Å²) in [6.07, 6.45) is 0.651. The number of nitrogens with zero attached hydrogens (tertiary/aromatic N) is 4. The number of benzene rings is 1. The van der Waals surface area contributed by atoms with Crippen LogP contribution in [0, 0.1) is 0 Å². The summed E-state index contributed by atoms with van der Waals surface area (Å²) in [5.41, 5.74) is 8.50. The summed E-state index contributed by atoms with van der Waals surface area (Å²) in [5, 5.41) is 7.91. The first-order chi connectivity index (χ1) is 8.74. The van der Waals surface area contributed by atoms with E-state index in [-0.39, 0.29) is 0 Å². The van der Waals surface area contributed by atoms with Crippen LogP contribution in [0.5, 0.6) is 0 Å². The monoisotopic (exact) mass is 239 g/mol. The summed E-state index contributed by atoms with van der Waals surface area (Å²) in [4.78, 5) is 4.59. The van der Waals surface area contributed by atoms with Crippen LogP contribution in [0.3, 0.4) is 0 Å². The molecule has 0 atom stereocenters. The lowest BCUT2D eigenvalue weighted by Gasteiger charge is -2.01. The molecule has 0 spiro atoms. The van der Waals surface area contributed by atoms with Crippen molar-refractivity contribution in [3.8, 4) is 0 Å². The van der Waals surface area contributed by atoms with E-state index in [0.29, 0.717) is 12.2 Å². The van der Waals surface area contributed by atoms with Crippen LogP contribution in [0.2, 0.25) is 0 Å². The Kier molecular flexibility index (Phi) is 2.44. The first-order valence-corrected chi connectivity index (χ1v) is 5.72. The molecule has 0 unspecified atom stereocenters. The third kappa shape index (κ3) is 1.79. The van der Waals surface area contributed by atoms with Crippen LogP contribution >= 0.6 is 0 Å². The molecule has 5 heteroatoms. The fourth-order valence-electron chi connectivity index (χ4n) is 1.98. The minimum absolute atomic E-state index is 0.434. The number of para-hydroxylation sites is 2. The maximum Gasteiger partial charge on any atom is 0.146 e. The highest BCUT2D eigenvalue weighted by Crippen LogP contribution is 2.16. The third-order valence-electron chi connectivity index (χ3n) is 2.96. The summed E-state index contributed by atoms with van der Waals surface area (Å²) in [5.74, 6) is 1.40. The number of nitrogen functional groups attached to an aromatic ring is 1. The molecule has 0 bridgehead atoms. The van der Waals surface area contributed by atoms with Crippen molar-refractivity contribution in [3.05, 3.63) is 47.9 Å². The van der Waals surface area contributed by atoms with Gasteiger partial charge in [0.1, 0.15) is 11.6 Å². The zero-order chi connectivity index (χ0) is 12.5. The molecule has 3 aromatic rings. The Morgan fingerprint density at radius 1 is 1.11 bits per heavy atom. The third-order valence-corrected chi connectivity index (χ3v) is 2.96. The number of aromatic nitrogens is 4. The highest BCUT2D eigenvalue weighted by atomic mass is 15.1. The molecule has 0 aliphatic carbocycles. The average Bonchev–Trinajstić information content (AvgIpc) is 2.70. The van der Waals surface area contributed by atoms with Gasteiger partial charge in [0, 0.05) is 7.05 Å². The molecule has 2 aromatic heterocycles. The topological polar surface area (TPSA) is 69.6 Å². The number of nitrogens with two attached hydrogens (primary N) is 1. The van der Waals surface area contributed by atoms with E-state index in [9.17, 15) is 0 Å². The molecule has 0 aliphatic heterocycles. The van der Waals surface area contributed by atoms with Crippen molar-refractivity contribution in [2.75, 3.05) is 5.73 Å². The molecular weight excluding hydrogens is 226 g/mol. The van der Waals surface area contributed by atoms with E-state index in [2.05, 4.69) is 25.8 Å². The van der Waals surface area contributed by atoms with Gasteiger partial charge >= 0.3 is 0 Å². The van der Waals surface area contributed by atoms with Gasteiger partial charge in [0.05, 0.1) is 23.1 Å². The number of imidazole rings is 1. The molecule has 2 heterocycles. The highest BCUT2D eigenvalue weighted by Gasteiger charge is 2.08. The van der Waals surface area contributed by atoms with Crippen LogP contribution < -0.4 is 5.73 Å². The summed E-state index contributed by atoms with van der Waals surface area (Å²) in [6, 6.07) is 11.7. The molecule has 0 saturated heterocycles. The molecule has 3 rings (SSSR count). The van der Waals surface area contributed by atoms with E-state index in [1.807, 2.05) is 31.3 Å². The number of hydrogen-bond donors (Lipinski definition) is 1. The smallest absolute Gasteiger partial charge is 0.146 e. The number of fused-ring (bicyclic) bond motifs is 1. The highest BCUT2D eigenvalue weighted by molar-refractivity contribution is 5.75. The Labute approximate surface area is 104 Å². The minimum atomic E-state index is 0.434. The first kappa shape index (κ1) is 10.7. The van der Waals surface area contributed by atoms with Crippen LogP contribution in [-0.4, -0.2) is 19.7 Å². The predicted octanol–water partition coefficient (Wildman–Crippen LogP) is 1.54. The van der Waals surface area contributed by atoms with Crippen LogP contribution in [-0.2, 0) is 13.5 Å². The van der Waals surface area contributed by atoms with Gasteiger partial charge in [-0.1, -0.05) is 12.1 Å². The Bertz CT molecular complexity index is 684. The number of hydrogen-bond acceptors (Lipinski definition) is 4. The average molecular weight is 239 g/mol. The standard InChI is InChI=1S/C13H13N5/c1-18-11-5-3-2-4-10(11)15-13(18)8-9-6-7-12(14)17-16-9/h2-7H,8H2,1H3,(H2,14,17). The zero-order valence-corrected chi connectivity index (χ0v) is 10.0. The van der Waals surface area contributed by atoms with Gasteiger partial charge in [0.15, 0.2) is 0 Å². The van der Waals surface area contributed by atoms with Gasteiger partial charge in [-0.2, -0.15) is 5.10 Å². The summed E-state index contributed by atoms with van der Waals surface area (Å²) in [7, 11) is 2.01. The van der Waals surface area contributed by atoms with E-state index >= 15 is 0 Å². The zero-order valence-electron chi connectivity index (χ0n) is 10.0. The molecule has 1 aromatic carbocycles. The van der Waals surface area contributed by atoms with Crippen molar-refractivity contribution >= 4 is 16.9 Å². The molecule has 0 saturated carbocycles. The van der Waals surface area contributed by atoms with Gasteiger partial charge in [-0.3, -0.25) is 0 Å². The van der Waals surface area contributed by atoms with Crippen molar-refractivity contribution in [1.82, 2.24) is 19.7 Å². The normalized spacial score (nSPS) is 10.9. The number of rotatable bonds is 2. The van der Waals surface area contributed by atoms with Gasteiger partial charge < -0.3 is 10.3 Å². The molecule has 0 aliphatic rings. The predicted molar refractivity (Wildman–Crippen MR) is 70.0 cm³/mol. The number of aryl methyl sites for hydroxylation is 1. The summed E-state index contributed by atoms with van der Waals surface area (Å²) >= 11 is 0. The largest absolute Gasteiger partial charge is 0.382 e. The van der Waals surface area contributed by atoms with Gasteiger partial charge in [0.25, 0.3) is 0 Å². The van der Waals surface area contributed by atoms with Gasteiger partial charge in [-0.15, -0.1) is 5.10 Å². The lowest BCUT2D eigenvalue weighted by molar-refractivity contribution is 0.817. The number of anilines is 1. The van der Waals surface area contributed by atoms with Crippen LogP contribution in [0.4, 0.5) is 5.82 Å². The molecule has 2 N–H and O–H groups in total. The lowest BCUT2D eigenvalue weighted by Crippen LogP contribution is -2.02. The van der Waals surface area contributed by atoms with E-state index < -0.39 is 0 Å². The summed E-state index contributed by atoms with van der Waals surface area (Å²) < 4.78 is 2.08. The van der Waals surface area contributed by atoms with Crippen molar-refractivity contribution in [2.24, 2.45) is 7.05 Å². The Morgan fingerprint density at radius 2 is 1.94 bits per heavy atom. The van der Waals surface area contributed by atoms with E-state index in [0.717, 1.165) is 22.6 Å². The molecule has 5 nitrogen and oxygen atoms in total. The van der Waals surface area contributed by atoms with E-state index in [1.54, 1.807) is 6.07 Å². The van der Waals surface area contributed by atoms with Crippen molar-refractivity contribution in [1.29, 1.82) is 0 Å². The minimum Gasteiger partial charge on any atom is -0.382 e. The first-order valence-electron chi connectivity index (χ1n) is 5.72. The second-order valence-corrected chi connectivity index (χ2v) is 4.20. The van der Waals surface area contributed by atoms with Crippen LogP contribution in [0.15, 0.2) is 36.4 Å². The maximum absolute atomic E-state index is 5.52. The molecular formula is C13H13N5. The molecule has 0 amide bonds. The second kappa shape index (κ2) is 4.10. The fourth-order valence-corrected chi connectivity index (χ4v) is 1.98. The van der Waals surface area contributed by atoms with E-state index in [4.69, 9.17) is 5.73 Å².